The molecule has 0 aliphatic heterocycles. The maximum absolute atomic E-state index is 14.1. The van der Waals surface area contributed by atoms with Crippen LogP contribution in [0.5, 0.6) is 0 Å². The van der Waals surface area contributed by atoms with Crippen LogP contribution in [0.25, 0.3) is 22.0 Å². The predicted molar refractivity (Wildman–Crippen MR) is 119 cm³/mol. The second-order valence-electron chi connectivity index (χ2n) is 7.11. The third kappa shape index (κ3) is 4.32. The zero-order valence-corrected chi connectivity index (χ0v) is 18.6. The van der Waals surface area contributed by atoms with Crippen molar-refractivity contribution in [2.24, 2.45) is 0 Å². The highest BCUT2D eigenvalue weighted by molar-refractivity contribution is 7.90. The van der Waals surface area contributed by atoms with Crippen molar-refractivity contribution in [2.45, 2.75) is 31.6 Å². The molecular formula is C23H24FN3O4S. The molecule has 0 radical (unpaired) electrons. The Hall–Kier alpha value is -3.01. The Balaban J connectivity index is 1.78. The van der Waals surface area contributed by atoms with E-state index in [1.807, 2.05) is 13.8 Å². The largest absolute Gasteiger partial charge is 0.351 e. The molecule has 2 aromatic carbocycles. The van der Waals surface area contributed by atoms with Crippen LogP contribution in [0, 0.1) is 5.82 Å². The fourth-order valence-electron chi connectivity index (χ4n) is 3.59. The molecule has 4 rings (SSSR count). The first-order valence-electron chi connectivity index (χ1n) is 10.3. The van der Waals surface area contributed by atoms with E-state index in [2.05, 4.69) is 5.10 Å². The van der Waals surface area contributed by atoms with Gasteiger partial charge in [-0.25, -0.2) is 16.8 Å². The van der Waals surface area contributed by atoms with Crippen molar-refractivity contribution in [1.29, 1.82) is 0 Å². The molecule has 0 saturated carbocycles. The number of aromatic nitrogens is 3. The van der Waals surface area contributed by atoms with Crippen LogP contribution in [0.1, 0.15) is 13.8 Å². The van der Waals surface area contributed by atoms with E-state index in [1.165, 1.54) is 30.5 Å². The van der Waals surface area contributed by atoms with Gasteiger partial charge in [0.25, 0.3) is 10.0 Å². The summed E-state index contributed by atoms with van der Waals surface area (Å²) in [5.74, 6) is -0.515. The van der Waals surface area contributed by atoms with Crippen molar-refractivity contribution in [1.82, 2.24) is 13.8 Å². The van der Waals surface area contributed by atoms with Crippen molar-refractivity contribution >= 4 is 20.9 Å². The molecule has 2 aromatic heterocycles. The molecule has 0 saturated heterocycles. The average molecular weight is 458 g/mol. The van der Waals surface area contributed by atoms with Crippen molar-refractivity contribution < 1.29 is 22.3 Å². The Morgan fingerprint density at radius 2 is 1.75 bits per heavy atom. The second-order valence-corrected chi connectivity index (χ2v) is 8.92. The number of benzene rings is 2. The molecule has 9 heteroatoms. The topological polar surface area (TPSA) is 75.4 Å². The van der Waals surface area contributed by atoms with E-state index >= 15 is 0 Å². The molecule has 0 aliphatic carbocycles. The second kappa shape index (κ2) is 9.23. The molecule has 2 heterocycles. The molecular weight excluding hydrogens is 433 g/mol. The van der Waals surface area contributed by atoms with E-state index in [9.17, 15) is 12.8 Å². The van der Waals surface area contributed by atoms with Crippen molar-refractivity contribution in [3.05, 3.63) is 72.9 Å². The normalized spacial score (nSPS) is 12.1. The number of rotatable bonds is 9. The van der Waals surface area contributed by atoms with Crippen LogP contribution in [-0.4, -0.2) is 41.7 Å². The first-order chi connectivity index (χ1) is 15.4. The Morgan fingerprint density at radius 3 is 2.44 bits per heavy atom. The van der Waals surface area contributed by atoms with Gasteiger partial charge in [0.05, 0.1) is 23.2 Å². The molecule has 0 fully saturated rings. The lowest BCUT2D eigenvalue weighted by molar-refractivity contribution is -0.144. The lowest BCUT2D eigenvalue weighted by Crippen LogP contribution is -2.23. The maximum atomic E-state index is 14.1. The zero-order chi connectivity index (χ0) is 22.7. The van der Waals surface area contributed by atoms with Crippen LogP contribution < -0.4 is 0 Å². The summed E-state index contributed by atoms with van der Waals surface area (Å²) in [7, 11) is -3.91. The molecule has 7 nitrogen and oxygen atoms in total. The lowest BCUT2D eigenvalue weighted by atomic mass is 10.1. The first-order valence-corrected chi connectivity index (χ1v) is 11.7. The van der Waals surface area contributed by atoms with Crippen molar-refractivity contribution in [3.63, 3.8) is 0 Å². The average Bonchev–Trinajstić information content (AvgIpc) is 3.39. The fraction of sp³-hybridized carbons (Fsp3) is 0.261. The van der Waals surface area contributed by atoms with Crippen LogP contribution in [0.4, 0.5) is 4.39 Å². The predicted octanol–water partition coefficient (Wildman–Crippen LogP) is 4.28. The Morgan fingerprint density at radius 1 is 1.03 bits per heavy atom. The van der Waals surface area contributed by atoms with E-state index in [0.717, 1.165) is 3.97 Å². The highest BCUT2D eigenvalue weighted by Crippen LogP contribution is 2.33. The fourth-order valence-corrected chi connectivity index (χ4v) is 4.97. The standard InChI is InChI=1S/C23H24FN3O4S/c1-3-30-23(31-4-2)16-26-14-17(13-25-26)21-15-27(22-12-18(24)10-11-20(21)22)32(28,29)19-8-6-5-7-9-19/h5-15,23H,3-4,16H2,1-2H3. The summed E-state index contributed by atoms with van der Waals surface area (Å²) in [6.07, 6.45) is 4.51. The summed E-state index contributed by atoms with van der Waals surface area (Å²) in [6.45, 7) is 5.19. The van der Waals surface area contributed by atoms with Gasteiger partial charge in [0.1, 0.15) is 5.82 Å². The minimum absolute atomic E-state index is 0.125. The summed E-state index contributed by atoms with van der Waals surface area (Å²) in [4.78, 5) is 0.125. The van der Waals surface area contributed by atoms with Crippen LogP contribution in [0.15, 0.2) is 72.0 Å². The summed E-state index contributed by atoms with van der Waals surface area (Å²) in [5, 5.41) is 4.98. The number of hydrogen-bond acceptors (Lipinski definition) is 5. The highest BCUT2D eigenvalue weighted by atomic mass is 32.2. The number of hydrogen-bond donors (Lipinski definition) is 0. The summed E-state index contributed by atoms with van der Waals surface area (Å²) in [5.41, 5.74) is 1.60. The van der Waals surface area contributed by atoms with Gasteiger partial charge in [-0.2, -0.15) is 5.10 Å². The van der Waals surface area contributed by atoms with Gasteiger partial charge in [-0.15, -0.1) is 0 Å². The first kappa shape index (κ1) is 22.2. The van der Waals surface area contributed by atoms with Gasteiger partial charge in [-0.3, -0.25) is 4.68 Å². The maximum Gasteiger partial charge on any atom is 0.268 e. The van der Waals surface area contributed by atoms with E-state index in [0.29, 0.717) is 36.3 Å². The Labute approximate surface area is 186 Å². The van der Waals surface area contributed by atoms with E-state index < -0.39 is 22.1 Å². The van der Waals surface area contributed by atoms with Crippen molar-refractivity contribution in [2.75, 3.05) is 13.2 Å². The number of halogens is 1. The quantitative estimate of drug-likeness (QED) is 0.351. The van der Waals surface area contributed by atoms with Gasteiger partial charge in [-0.05, 0) is 44.2 Å². The Kier molecular flexibility index (Phi) is 6.40. The third-order valence-electron chi connectivity index (χ3n) is 5.02. The third-order valence-corrected chi connectivity index (χ3v) is 6.71. The van der Waals surface area contributed by atoms with Crippen LogP contribution in [0.3, 0.4) is 0 Å². The highest BCUT2D eigenvalue weighted by Gasteiger charge is 2.23. The number of nitrogens with zero attached hydrogens (tertiary/aromatic N) is 3. The molecule has 0 atom stereocenters. The van der Waals surface area contributed by atoms with Gasteiger partial charge >= 0.3 is 0 Å². The summed E-state index contributed by atoms with van der Waals surface area (Å²) in [6, 6.07) is 12.2. The molecule has 0 unspecified atom stereocenters. The molecule has 0 aliphatic rings. The van der Waals surface area contributed by atoms with Crippen molar-refractivity contribution in [3.8, 4) is 11.1 Å². The Bertz CT molecular complexity index is 1310. The molecule has 32 heavy (non-hydrogen) atoms. The van der Waals surface area contributed by atoms with E-state index in [-0.39, 0.29) is 10.4 Å². The zero-order valence-electron chi connectivity index (χ0n) is 17.8. The molecule has 0 amide bonds. The van der Waals surface area contributed by atoms with Gasteiger partial charge < -0.3 is 9.47 Å². The number of fused-ring (bicyclic) bond motifs is 1. The van der Waals surface area contributed by atoms with Crippen LogP contribution >= 0.6 is 0 Å². The number of ether oxygens (including phenoxy) is 2. The molecule has 0 bridgehead atoms. The summed E-state index contributed by atoms with van der Waals surface area (Å²) >= 11 is 0. The van der Waals surface area contributed by atoms with Crippen LogP contribution in [-0.2, 0) is 26.0 Å². The van der Waals surface area contributed by atoms with Crippen LogP contribution in [0.2, 0.25) is 0 Å². The monoisotopic (exact) mass is 457 g/mol. The SMILES string of the molecule is CCOC(Cn1cc(-c2cn(S(=O)(=O)c3ccccc3)c3cc(F)ccc23)cn1)OCC. The van der Waals surface area contributed by atoms with Gasteiger partial charge in [0, 0.05) is 42.1 Å². The van der Waals surface area contributed by atoms with E-state index in [4.69, 9.17) is 9.47 Å². The summed E-state index contributed by atoms with van der Waals surface area (Å²) < 4.78 is 54.6. The van der Waals surface area contributed by atoms with Gasteiger partial charge in [0.15, 0.2) is 6.29 Å². The van der Waals surface area contributed by atoms with Gasteiger partial charge in [0.2, 0.25) is 0 Å². The minimum atomic E-state index is -3.91. The smallest absolute Gasteiger partial charge is 0.268 e. The molecule has 0 spiro atoms. The lowest BCUT2D eigenvalue weighted by Gasteiger charge is -2.16. The van der Waals surface area contributed by atoms with E-state index in [1.54, 1.807) is 41.3 Å². The molecule has 168 valence electrons. The minimum Gasteiger partial charge on any atom is -0.351 e. The van der Waals surface area contributed by atoms with Gasteiger partial charge in [-0.1, -0.05) is 18.2 Å². The molecule has 4 aromatic rings. The molecule has 0 N–H and O–H groups in total.